The average molecular weight is 370 g/mol. The van der Waals surface area contributed by atoms with Crippen LogP contribution in [0.25, 0.3) is 0 Å². The van der Waals surface area contributed by atoms with E-state index in [1.54, 1.807) is 25.1 Å². The number of amides is 3. The maximum absolute atomic E-state index is 12.7. The number of imide groups is 1. The first-order valence-corrected chi connectivity index (χ1v) is 8.87. The van der Waals surface area contributed by atoms with E-state index < -0.39 is 17.9 Å². The number of methoxy groups -OCH3 is 1. The van der Waals surface area contributed by atoms with Crippen LogP contribution in [0, 0.1) is 18.8 Å². The van der Waals surface area contributed by atoms with Crippen molar-refractivity contribution in [3.8, 4) is 0 Å². The van der Waals surface area contributed by atoms with Crippen LogP contribution in [0.4, 0.5) is 5.69 Å². The summed E-state index contributed by atoms with van der Waals surface area (Å²) < 4.78 is 4.78. The SMILES string of the molecule is COC(=O)c1c(C)cccc1NC(=O)[C@H](C)N1C(=O)[C@H]2CC=CC[C@@H]2C1=O. The molecule has 1 fully saturated rings. The zero-order valence-electron chi connectivity index (χ0n) is 15.5. The number of benzene rings is 1. The number of hydrogen-bond acceptors (Lipinski definition) is 5. The molecule has 0 saturated carbocycles. The number of esters is 1. The van der Waals surface area contributed by atoms with E-state index in [1.165, 1.54) is 14.0 Å². The van der Waals surface area contributed by atoms with Crippen LogP contribution < -0.4 is 5.32 Å². The van der Waals surface area contributed by atoms with Crippen molar-refractivity contribution in [2.45, 2.75) is 32.7 Å². The predicted molar refractivity (Wildman–Crippen MR) is 97.8 cm³/mol. The molecule has 1 aliphatic carbocycles. The smallest absolute Gasteiger partial charge is 0.340 e. The third-order valence-corrected chi connectivity index (χ3v) is 5.23. The lowest BCUT2D eigenvalue weighted by Crippen LogP contribution is -2.46. The number of likely N-dealkylation sites (tertiary alicyclic amines) is 1. The van der Waals surface area contributed by atoms with Gasteiger partial charge in [-0.1, -0.05) is 24.3 Å². The van der Waals surface area contributed by atoms with Crippen molar-refractivity contribution in [2.75, 3.05) is 12.4 Å². The molecule has 1 N–H and O–H groups in total. The fraction of sp³-hybridized carbons (Fsp3) is 0.400. The summed E-state index contributed by atoms with van der Waals surface area (Å²) in [5, 5.41) is 2.66. The molecule has 3 amide bonds. The number of ether oxygens (including phenoxy) is 1. The zero-order valence-corrected chi connectivity index (χ0v) is 15.5. The Kier molecular flexibility index (Phi) is 5.12. The van der Waals surface area contributed by atoms with E-state index in [0.717, 1.165) is 4.90 Å². The molecule has 1 aromatic rings. The first-order chi connectivity index (χ1) is 12.9. The number of carbonyl (C=O) groups excluding carboxylic acids is 4. The van der Waals surface area contributed by atoms with Crippen molar-refractivity contribution in [1.29, 1.82) is 0 Å². The Morgan fingerprint density at radius 3 is 2.30 bits per heavy atom. The fourth-order valence-electron chi connectivity index (χ4n) is 3.71. The van der Waals surface area contributed by atoms with Crippen LogP contribution in [-0.2, 0) is 19.1 Å². The number of allylic oxidation sites excluding steroid dienone is 2. The molecule has 0 bridgehead atoms. The monoisotopic (exact) mass is 370 g/mol. The summed E-state index contributed by atoms with van der Waals surface area (Å²) >= 11 is 0. The van der Waals surface area contributed by atoms with E-state index in [4.69, 9.17) is 4.74 Å². The lowest BCUT2D eigenvalue weighted by atomic mass is 9.85. The Labute approximate surface area is 157 Å². The Balaban J connectivity index is 1.81. The molecule has 1 aliphatic heterocycles. The molecule has 142 valence electrons. The number of aryl methyl sites for hydroxylation is 1. The van der Waals surface area contributed by atoms with Gasteiger partial charge in [-0.05, 0) is 38.3 Å². The minimum absolute atomic E-state index is 0.248. The van der Waals surface area contributed by atoms with Gasteiger partial charge in [0.25, 0.3) is 0 Å². The quantitative estimate of drug-likeness (QED) is 0.497. The number of rotatable bonds is 4. The number of nitrogens with zero attached hydrogens (tertiary/aromatic N) is 1. The molecule has 3 rings (SSSR count). The molecular weight excluding hydrogens is 348 g/mol. The Morgan fingerprint density at radius 1 is 1.15 bits per heavy atom. The third kappa shape index (κ3) is 3.25. The van der Waals surface area contributed by atoms with E-state index >= 15 is 0 Å². The topological polar surface area (TPSA) is 92.8 Å². The largest absolute Gasteiger partial charge is 0.465 e. The number of nitrogens with one attached hydrogen (secondary N) is 1. The zero-order chi connectivity index (χ0) is 19.7. The van der Waals surface area contributed by atoms with Crippen LogP contribution in [0.5, 0.6) is 0 Å². The van der Waals surface area contributed by atoms with Gasteiger partial charge in [-0.15, -0.1) is 0 Å². The molecule has 0 unspecified atom stereocenters. The van der Waals surface area contributed by atoms with E-state index in [1.807, 2.05) is 12.2 Å². The molecule has 0 spiro atoms. The maximum atomic E-state index is 12.7. The fourth-order valence-corrected chi connectivity index (χ4v) is 3.71. The van der Waals surface area contributed by atoms with Crippen molar-refractivity contribution >= 4 is 29.4 Å². The van der Waals surface area contributed by atoms with Crippen molar-refractivity contribution in [1.82, 2.24) is 4.90 Å². The van der Waals surface area contributed by atoms with Gasteiger partial charge in [0.2, 0.25) is 17.7 Å². The molecule has 27 heavy (non-hydrogen) atoms. The highest BCUT2D eigenvalue weighted by Gasteiger charge is 2.50. The molecule has 1 aromatic carbocycles. The number of anilines is 1. The molecule has 1 saturated heterocycles. The average Bonchev–Trinajstić information content (AvgIpc) is 2.91. The predicted octanol–water partition coefficient (Wildman–Crippen LogP) is 2.06. The lowest BCUT2D eigenvalue weighted by Gasteiger charge is -2.23. The summed E-state index contributed by atoms with van der Waals surface area (Å²) in [5.41, 5.74) is 1.19. The highest BCUT2D eigenvalue weighted by atomic mass is 16.5. The van der Waals surface area contributed by atoms with Gasteiger partial charge in [-0.3, -0.25) is 19.3 Å². The second-order valence-electron chi connectivity index (χ2n) is 6.86. The van der Waals surface area contributed by atoms with Gasteiger partial charge in [0.1, 0.15) is 6.04 Å². The highest BCUT2D eigenvalue weighted by Crippen LogP contribution is 2.36. The molecule has 0 radical (unpaired) electrons. The standard InChI is InChI=1S/C20H22N2O5/c1-11-7-6-10-15(16(11)20(26)27-3)21-17(23)12(2)22-18(24)13-8-4-5-9-14(13)19(22)25/h4-7,10,12-14H,8-9H2,1-3H3,(H,21,23)/t12-,13-,14-/m0/s1. The Hall–Kier alpha value is -2.96. The second kappa shape index (κ2) is 7.34. The highest BCUT2D eigenvalue weighted by molar-refractivity contribution is 6.11. The van der Waals surface area contributed by atoms with Crippen LogP contribution >= 0.6 is 0 Å². The van der Waals surface area contributed by atoms with Crippen LogP contribution in [0.2, 0.25) is 0 Å². The maximum Gasteiger partial charge on any atom is 0.340 e. The van der Waals surface area contributed by atoms with Gasteiger partial charge >= 0.3 is 5.97 Å². The van der Waals surface area contributed by atoms with Crippen molar-refractivity contribution < 1.29 is 23.9 Å². The van der Waals surface area contributed by atoms with Crippen LogP contribution in [-0.4, -0.2) is 41.7 Å². The van der Waals surface area contributed by atoms with Gasteiger partial charge in [0, 0.05) is 0 Å². The van der Waals surface area contributed by atoms with Crippen LogP contribution in [0.3, 0.4) is 0 Å². The van der Waals surface area contributed by atoms with Crippen molar-refractivity contribution in [3.05, 3.63) is 41.5 Å². The second-order valence-corrected chi connectivity index (χ2v) is 6.86. The number of carbonyl (C=O) groups is 4. The minimum Gasteiger partial charge on any atom is -0.465 e. The Morgan fingerprint density at radius 2 is 1.74 bits per heavy atom. The van der Waals surface area contributed by atoms with E-state index in [-0.39, 0.29) is 34.9 Å². The number of fused-ring (bicyclic) bond motifs is 1. The third-order valence-electron chi connectivity index (χ3n) is 5.23. The Bertz CT molecular complexity index is 819. The molecule has 0 aromatic heterocycles. The number of hydrogen-bond donors (Lipinski definition) is 1. The first kappa shape index (κ1) is 18.8. The van der Waals surface area contributed by atoms with Crippen molar-refractivity contribution in [2.24, 2.45) is 11.8 Å². The van der Waals surface area contributed by atoms with Gasteiger partial charge in [0.15, 0.2) is 0 Å². The first-order valence-electron chi connectivity index (χ1n) is 8.87. The molecule has 7 heteroatoms. The van der Waals surface area contributed by atoms with Gasteiger partial charge < -0.3 is 10.1 Å². The summed E-state index contributed by atoms with van der Waals surface area (Å²) in [6.07, 6.45) is 4.83. The summed E-state index contributed by atoms with van der Waals surface area (Å²) in [4.78, 5) is 51.1. The van der Waals surface area contributed by atoms with E-state index in [2.05, 4.69) is 5.32 Å². The summed E-state index contributed by atoms with van der Waals surface area (Å²) in [5.74, 6) is -2.49. The van der Waals surface area contributed by atoms with E-state index in [0.29, 0.717) is 18.4 Å². The van der Waals surface area contributed by atoms with Crippen LogP contribution in [0.15, 0.2) is 30.4 Å². The molecule has 7 nitrogen and oxygen atoms in total. The lowest BCUT2D eigenvalue weighted by molar-refractivity contribution is -0.146. The van der Waals surface area contributed by atoms with E-state index in [9.17, 15) is 19.2 Å². The normalized spacial score (nSPS) is 22.4. The summed E-state index contributed by atoms with van der Waals surface area (Å²) in [6, 6.07) is 4.05. The molecular formula is C20H22N2O5. The van der Waals surface area contributed by atoms with Crippen molar-refractivity contribution in [3.63, 3.8) is 0 Å². The molecule has 1 heterocycles. The summed E-state index contributed by atoms with van der Waals surface area (Å²) in [7, 11) is 1.26. The van der Waals surface area contributed by atoms with Gasteiger partial charge in [-0.25, -0.2) is 4.79 Å². The van der Waals surface area contributed by atoms with Gasteiger partial charge in [-0.2, -0.15) is 0 Å². The molecule has 3 atom stereocenters. The molecule has 2 aliphatic rings. The minimum atomic E-state index is -0.971. The van der Waals surface area contributed by atoms with Crippen LogP contribution in [0.1, 0.15) is 35.7 Å². The van der Waals surface area contributed by atoms with Gasteiger partial charge in [0.05, 0.1) is 30.2 Å². The summed E-state index contributed by atoms with van der Waals surface area (Å²) in [6.45, 7) is 3.25.